The van der Waals surface area contributed by atoms with Crippen LogP contribution in [0.25, 0.3) is 11.5 Å². The van der Waals surface area contributed by atoms with Gasteiger partial charge in [0.15, 0.2) is 6.10 Å². The van der Waals surface area contributed by atoms with Crippen molar-refractivity contribution < 1.29 is 18.3 Å². The van der Waals surface area contributed by atoms with Gasteiger partial charge in [-0.1, -0.05) is 0 Å². The highest BCUT2D eigenvalue weighted by Gasteiger charge is 2.25. The quantitative estimate of drug-likeness (QED) is 0.619. The highest BCUT2D eigenvalue weighted by molar-refractivity contribution is 7.10. The standard InChI is InChI=1S/C19H17FN2O3S/c1-11(17-21-22-18(25-17)12-6-8-13(20)9-7-12)24-19(23)15-10-26-16-5-3-2-4-14(15)16/h6-11H,2-5H2,1H3/t11-/m1/s1. The predicted octanol–water partition coefficient (Wildman–Crippen LogP) is 4.73. The number of esters is 1. The number of nitrogens with zero attached hydrogens (tertiary/aromatic N) is 2. The smallest absolute Gasteiger partial charge is 0.340 e. The number of aromatic nitrogens is 2. The zero-order chi connectivity index (χ0) is 18.1. The van der Waals surface area contributed by atoms with Crippen molar-refractivity contribution in [1.29, 1.82) is 0 Å². The fourth-order valence-corrected chi connectivity index (χ4v) is 4.16. The molecule has 3 aromatic rings. The maximum atomic E-state index is 13.0. The van der Waals surface area contributed by atoms with Crippen LogP contribution in [-0.4, -0.2) is 16.2 Å². The van der Waals surface area contributed by atoms with Gasteiger partial charge in [0.25, 0.3) is 5.89 Å². The molecule has 0 saturated heterocycles. The van der Waals surface area contributed by atoms with E-state index in [-0.39, 0.29) is 23.6 Å². The lowest BCUT2D eigenvalue weighted by Gasteiger charge is -2.13. The number of carbonyl (C=O) groups excluding carboxylic acids is 1. The summed E-state index contributed by atoms with van der Waals surface area (Å²) in [5.41, 5.74) is 2.38. The summed E-state index contributed by atoms with van der Waals surface area (Å²) in [6, 6.07) is 5.76. The first-order chi connectivity index (χ1) is 12.6. The summed E-state index contributed by atoms with van der Waals surface area (Å²) in [5, 5.41) is 9.78. The van der Waals surface area contributed by atoms with Crippen LogP contribution in [-0.2, 0) is 17.6 Å². The summed E-state index contributed by atoms with van der Waals surface area (Å²) in [7, 11) is 0. The number of aryl methyl sites for hydroxylation is 1. The van der Waals surface area contributed by atoms with Crippen molar-refractivity contribution in [3.8, 4) is 11.5 Å². The molecular formula is C19H17FN2O3S. The van der Waals surface area contributed by atoms with Gasteiger partial charge in [-0.3, -0.25) is 0 Å². The van der Waals surface area contributed by atoms with Crippen molar-refractivity contribution in [2.45, 2.75) is 38.7 Å². The molecule has 0 amide bonds. The molecule has 0 bridgehead atoms. The number of carbonyl (C=O) groups is 1. The topological polar surface area (TPSA) is 65.2 Å². The average molecular weight is 372 g/mol. The fraction of sp³-hybridized carbons (Fsp3) is 0.316. The minimum absolute atomic E-state index is 0.210. The van der Waals surface area contributed by atoms with Gasteiger partial charge >= 0.3 is 5.97 Å². The van der Waals surface area contributed by atoms with E-state index in [1.165, 1.54) is 23.4 Å². The Hall–Kier alpha value is -2.54. The first kappa shape index (κ1) is 16.9. The minimum Gasteiger partial charge on any atom is -0.449 e. The van der Waals surface area contributed by atoms with E-state index in [1.54, 1.807) is 30.4 Å². The molecule has 1 atom stereocenters. The molecule has 2 aromatic heterocycles. The lowest BCUT2D eigenvalue weighted by atomic mass is 9.96. The monoisotopic (exact) mass is 372 g/mol. The molecule has 26 heavy (non-hydrogen) atoms. The number of hydrogen-bond acceptors (Lipinski definition) is 6. The van der Waals surface area contributed by atoms with E-state index in [2.05, 4.69) is 10.2 Å². The van der Waals surface area contributed by atoms with Crippen LogP contribution in [0.1, 0.15) is 52.6 Å². The molecule has 0 N–H and O–H groups in total. The van der Waals surface area contributed by atoms with Crippen LogP contribution in [0, 0.1) is 5.82 Å². The summed E-state index contributed by atoms with van der Waals surface area (Å²) < 4.78 is 24.1. The molecule has 0 aliphatic heterocycles. The Bertz CT molecular complexity index is 933. The molecule has 0 radical (unpaired) electrons. The van der Waals surface area contributed by atoms with Gasteiger partial charge in [0.1, 0.15) is 5.82 Å². The van der Waals surface area contributed by atoms with Gasteiger partial charge in [-0.15, -0.1) is 21.5 Å². The first-order valence-corrected chi connectivity index (χ1v) is 9.39. The highest BCUT2D eigenvalue weighted by Crippen LogP contribution is 2.32. The summed E-state index contributed by atoms with van der Waals surface area (Å²) in [6.07, 6.45) is 3.57. The number of hydrogen-bond donors (Lipinski definition) is 0. The van der Waals surface area contributed by atoms with Gasteiger partial charge in [-0.05, 0) is 62.4 Å². The highest BCUT2D eigenvalue weighted by atomic mass is 32.1. The van der Waals surface area contributed by atoms with E-state index >= 15 is 0 Å². The first-order valence-electron chi connectivity index (χ1n) is 8.51. The van der Waals surface area contributed by atoms with E-state index in [1.807, 2.05) is 5.38 Å². The summed E-state index contributed by atoms with van der Waals surface area (Å²) in [6.45, 7) is 1.69. The van der Waals surface area contributed by atoms with Crippen molar-refractivity contribution in [2.24, 2.45) is 0 Å². The Morgan fingerprint density at radius 1 is 1.23 bits per heavy atom. The molecule has 0 saturated carbocycles. The lowest BCUT2D eigenvalue weighted by molar-refractivity contribution is 0.0279. The third-order valence-electron chi connectivity index (χ3n) is 4.44. The Kier molecular flexibility index (Phi) is 4.55. The number of halogens is 1. The Morgan fingerprint density at radius 3 is 2.81 bits per heavy atom. The van der Waals surface area contributed by atoms with E-state index < -0.39 is 6.10 Å². The summed E-state index contributed by atoms with van der Waals surface area (Å²) in [5.74, 6) is -0.231. The maximum Gasteiger partial charge on any atom is 0.340 e. The predicted molar refractivity (Wildman–Crippen MR) is 94.5 cm³/mol. The fourth-order valence-electron chi connectivity index (χ4n) is 3.05. The molecule has 134 valence electrons. The third kappa shape index (κ3) is 3.26. The molecule has 1 aliphatic carbocycles. The third-order valence-corrected chi connectivity index (χ3v) is 5.53. The van der Waals surface area contributed by atoms with Crippen LogP contribution < -0.4 is 0 Å². The van der Waals surface area contributed by atoms with Gasteiger partial charge in [0.05, 0.1) is 5.56 Å². The number of thiophene rings is 1. The molecule has 5 nitrogen and oxygen atoms in total. The average Bonchev–Trinajstić information content (AvgIpc) is 3.30. The second-order valence-corrected chi connectivity index (χ2v) is 7.22. The number of ether oxygens (including phenoxy) is 1. The second kappa shape index (κ2) is 6.99. The van der Waals surface area contributed by atoms with Gasteiger partial charge in [-0.2, -0.15) is 0 Å². The minimum atomic E-state index is -0.664. The maximum absolute atomic E-state index is 13.0. The molecule has 1 aromatic carbocycles. The van der Waals surface area contributed by atoms with Crippen LogP contribution in [0.15, 0.2) is 34.1 Å². The van der Waals surface area contributed by atoms with Gasteiger partial charge in [-0.25, -0.2) is 9.18 Å². The van der Waals surface area contributed by atoms with Crippen LogP contribution in [0.3, 0.4) is 0 Å². The van der Waals surface area contributed by atoms with Gasteiger partial charge in [0.2, 0.25) is 5.89 Å². The largest absolute Gasteiger partial charge is 0.449 e. The summed E-state index contributed by atoms with van der Waals surface area (Å²) >= 11 is 1.62. The molecule has 4 rings (SSSR count). The Morgan fingerprint density at radius 2 is 2.00 bits per heavy atom. The molecule has 0 fully saturated rings. The molecule has 1 aliphatic rings. The van der Waals surface area contributed by atoms with Gasteiger partial charge < -0.3 is 9.15 Å². The van der Waals surface area contributed by atoms with E-state index in [4.69, 9.17) is 9.15 Å². The van der Waals surface area contributed by atoms with Crippen molar-refractivity contribution >= 4 is 17.3 Å². The van der Waals surface area contributed by atoms with Gasteiger partial charge in [0, 0.05) is 15.8 Å². The lowest BCUT2D eigenvalue weighted by Crippen LogP contribution is -2.12. The SMILES string of the molecule is C[C@@H](OC(=O)c1csc2c1CCCC2)c1nnc(-c2ccc(F)cc2)o1. The second-order valence-electron chi connectivity index (χ2n) is 6.26. The summed E-state index contributed by atoms with van der Waals surface area (Å²) in [4.78, 5) is 13.8. The van der Waals surface area contributed by atoms with Crippen LogP contribution in [0.5, 0.6) is 0 Å². The van der Waals surface area contributed by atoms with Crippen LogP contribution >= 0.6 is 11.3 Å². The normalized spacial score (nSPS) is 14.7. The van der Waals surface area contributed by atoms with E-state index in [9.17, 15) is 9.18 Å². The van der Waals surface area contributed by atoms with Crippen LogP contribution in [0.4, 0.5) is 4.39 Å². The Balaban J connectivity index is 1.48. The van der Waals surface area contributed by atoms with E-state index in [0.29, 0.717) is 11.1 Å². The molecule has 0 unspecified atom stereocenters. The number of fused-ring (bicyclic) bond motifs is 1. The Labute approximate surface area is 153 Å². The molecule has 7 heteroatoms. The number of rotatable bonds is 4. The van der Waals surface area contributed by atoms with E-state index in [0.717, 1.165) is 24.8 Å². The zero-order valence-electron chi connectivity index (χ0n) is 14.2. The van der Waals surface area contributed by atoms with Crippen molar-refractivity contribution in [3.63, 3.8) is 0 Å². The zero-order valence-corrected chi connectivity index (χ0v) is 15.0. The number of benzene rings is 1. The molecule has 2 heterocycles. The van der Waals surface area contributed by atoms with Crippen LogP contribution in [0.2, 0.25) is 0 Å². The molecule has 0 spiro atoms. The van der Waals surface area contributed by atoms with Crippen molar-refractivity contribution in [2.75, 3.05) is 0 Å². The van der Waals surface area contributed by atoms with Crippen molar-refractivity contribution in [1.82, 2.24) is 10.2 Å². The molecular weight excluding hydrogens is 355 g/mol. The van der Waals surface area contributed by atoms with Crippen molar-refractivity contribution in [3.05, 3.63) is 57.4 Å².